The average molecular weight is 426 g/mol. The van der Waals surface area contributed by atoms with Crippen molar-refractivity contribution < 1.29 is 19.4 Å². The minimum absolute atomic E-state index is 0.0481. The first-order valence-corrected chi connectivity index (χ1v) is 11.4. The number of amides is 1. The van der Waals surface area contributed by atoms with E-state index in [1.165, 1.54) is 4.90 Å². The van der Waals surface area contributed by atoms with Gasteiger partial charge in [-0.05, 0) is 42.5 Å². The molecule has 2 aromatic rings. The van der Waals surface area contributed by atoms with Crippen molar-refractivity contribution in [3.8, 4) is 11.1 Å². The highest BCUT2D eigenvalue weighted by molar-refractivity contribution is 8.00. The van der Waals surface area contributed by atoms with E-state index < -0.39 is 17.6 Å². The predicted molar refractivity (Wildman–Crippen MR) is 119 cm³/mol. The number of benzene rings is 2. The molecule has 1 heterocycles. The molecular weight excluding hydrogens is 398 g/mol. The molecule has 1 fully saturated rings. The zero-order valence-corrected chi connectivity index (χ0v) is 18.3. The van der Waals surface area contributed by atoms with E-state index in [1.54, 1.807) is 11.8 Å². The second-order valence-corrected chi connectivity index (χ2v) is 9.86. The number of carbonyl (C=O) groups is 2. The van der Waals surface area contributed by atoms with Gasteiger partial charge in [-0.1, -0.05) is 55.5 Å². The number of carbonyl (C=O) groups excluding carboxylic acids is 1. The van der Waals surface area contributed by atoms with Crippen LogP contribution in [-0.2, 0) is 9.53 Å². The highest BCUT2D eigenvalue weighted by atomic mass is 32.2. The SMILES string of the molecule is CC1CC(C(=O)O)(N(C(=O)OCC2c3ccccc3-c3ccccc32)C(C)C)CS1. The number of ether oxygens (including phenoxy) is 1. The van der Waals surface area contributed by atoms with Crippen molar-refractivity contribution in [2.75, 3.05) is 12.4 Å². The first-order valence-electron chi connectivity index (χ1n) is 10.3. The number of fused-ring (bicyclic) bond motifs is 3. The van der Waals surface area contributed by atoms with Gasteiger partial charge in [0.1, 0.15) is 6.61 Å². The number of carboxylic acid groups (broad SMARTS) is 1. The van der Waals surface area contributed by atoms with E-state index in [-0.39, 0.29) is 23.8 Å². The summed E-state index contributed by atoms with van der Waals surface area (Å²) in [7, 11) is 0. The molecule has 158 valence electrons. The molecule has 0 radical (unpaired) electrons. The molecule has 2 unspecified atom stereocenters. The standard InChI is InChI=1S/C24H27NO4S/c1-15(2)25(24(22(26)27)12-16(3)30-14-24)23(28)29-13-21-19-10-6-4-8-17(19)18-9-5-7-11-20(18)21/h4-11,15-16,21H,12-14H2,1-3H3,(H,26,27). The molecule has 0 aromatic heterocycles. The van der Waals surface area contributed by atoms with Crippen LogP contribution in [0.5, 0.6) is 0 Å². The lowest BCUT2D eigenvalue weighted by Gasteiger charge is -2.39. The van der Waals surface area contributed by atoms with Gasteiger partial charge in [0, 0.05) is 23.0 Å². The van der Waals surface area contributed by atoms with Gasteiger partial charge in [0.2, 0.25) is 0 Å². The molecule has 1 saturated heterocycles. The number of nitrogens with zero attached hydrogens (tertiary/aromatic N) is 1. The number of carboxylic acids is 1. The highest BCUT2D eigenvalue weighted by Gasteiger charge is 2.53. The number of hydrogen-bond donors (Lipinski definition) is 1. The van der Waals surface area contributed by atoms with Gasteiger partial charge in [-0.3, -0.25) is 4.90 Å². The Kier molecular flexibility index (Phi) is 5.53. The van der Waals surface area contributed by atoms with Gasteiger partial charge in [-0.25, -0.2) is 9.59 Å². The number of hydrogen-bond acceptors (Lipinski definition) is 4. The summed E-state index contributed by atoms with van der Waals surface area (Å²) in [6.07, 6.45) is -0.126. The van der Waals surface area contributed by atoms with Crippen molar-refractivity contribution in [2.24, 2.45) is 0 Å². The molecule has 30 heavy (non-hydrogen) atoms. The second kappa shape index (κ2) is 7.99. The topological polar surface area (TPSA) is 66.8 Å². The van der Waals surface area contributed by atoms with Crippen LogP contribution in [-0.4, -0.2) is 51.3 Å². The number of thioether (sulfide) groups is 1. The first kappa shape index (κ1) is 20.8. The van der Waals surface area contributed by atoms with Crippen LogP contribution < -0.4 is 0 Å². The smallest absolute Gasteiger partial charge is 0.411 e. The summed E-state index contributed by atoms with van der Waals surface area (Å²) in [5, 5.41) is 10.2. The molecule has 1 aliphatic heterocycles. The summed E-state index contributed by atoms with van der Waals surface area (Å²) in [6.45, 7) is 5.89. The average Bonchev–Trinajstić information content (AvgIpc) is 3.25. The van der Waals surface area contributed by atoms with Crippen molar-refractivity contribution in [1.82, 2.24) is 4.90 Å². The number of rotatable bonds is 5. The normalized spacial score (nSPS) is 22.6. The Morgan fingerprint density at radius 1 is 1.13 bits per heavy atom. The van der Waals surface area contributed by atoms with Crippen LogP contribution in [0.15, 0.2) is 48.5 Å². The Morgan fingerprint density at radius 3 is 2.17 bits per heavy atom. The summed E-state index contributed by atoms with van der Waals surface area (Å²) in [5.41, 5.74) is 3.39. The van der Waals surface area contributed by atoms with Crippen LogP contribution in [0, 0.1) is 0 Å². The lowest BCUT2D eigenvalue weighted by Crippen LogP contribution is -2.60. The van der Waals surface area contributed by atoms with E-state index in [9.17, 15) is 14.7 Å². The summed E-state index contributed by atoms with van der Waals surface area (Å²) >= 11 is 1.59. The zero-order valence-electron chi connectivity index (χ0n) is 17.5. The van der Waals surface area contributed by atoms with Crippen molar-refractivity contribution in [3.05, 3.63) is 59.7 Å². The third-order valence-electron chi connectivity index (χ3n) is 6.14. The third kappa shape index (κ3) is 3.37. The molecule has 4 rings (SSSR count). The van der Waals surface area contributed by atoms with Crippen molar-refractivity contribution in [1.29, 1.82) is 0 Å². The Morgan fingerprint density at radius 2 is 1.70 bits per heavy atom. The third-order valence-corrected chi connectivity index (χ3v) is 7.52. The van der Waals surface area contributed by atoms with E-state index in [0.29, 0.717) is 12.2 Å². The Labute approximate surface area is 181 Å². The quantitative estimate of drug-likeness (QED) is 0.731. The van der Waals surface area contributed by atoms with Crippen molar-refractivity contribution in [2.45, 2.75) is 49.9 Å². The Balaban J connectivity index is 1.59. The molecule has 2 atom stereocenters. The van der Waals surface area contributed by atoms with Crippen LogP contribution in [0.2, 0.25) is 0 Å². The minimum Gasteiger partial charge on any atom is -0.479 e. The van der Waals surface area contributed by atoms with Gasteiger partial charge < -0.3 is 9.84 Å². The van der Waals surface area contributed by atoms with E-state index in [2.05, 4.69) is 24.3 Å². The van der Waals surface area contributed by atoms with Gasteiger partial charge in [0.25, 0.3) is 0 Å². The first-order chi connectivity index (χ1) is 14.3. The van der Waals surface area contributed by atoms with Crippen LogP contribution in [0.3, 0.4) is 0 Å². The van der Waals surface area contributed by atoms with Crippen molar-refractivity contribution in [3.63, 3.8) is 0 Å². The predicted octanol–water partition coefficient (Wildman–Crippen LogP) is 4.99. The molecule has 2 aliphatic rings. The van der Waals surface area contributed by atoms with Gasteiger partial charge in [-0.15, -0.1) is 0 Å². The molecule has 0 saturated carbocycles. The Bertz CT molecular complexity index is 930. The lowest BCUT2D eigenvalue weighted by molar-refractivity contribution is -0.150. The molecule has 5 nitrogen and oxygen atoms in total. The maximum Gasteiger partial charge on any atom is 0.411 e. The van der Waals surface area contributed by atoms with E-state index >= 15 is 0 Å². The molecule has 0 bridgehead atoms. The van der Waals surface area contributed by atoms with Gasteiger partial charge in [0.05, 0.1) is 0 Å². The molecule has 1 N–H and O–H groups in total. The molecule has 1 aliphatic carbocycles. The highest BCUT2D eigenvalue weighted by Crippen LogP contribution is 2.45. The number of aliphatic carboxylic acids is 1. The fourth-order valence-corrected chi connectivity index (χ4v) is 6.17. The summed E-state index contributed by atoms with van der Waals surface area (Å²) in [6, 6.07) is 16.1. The second-order valence-electron chi connectivity index (χ2n) is 8.43. The van der Waals surface area contributed by atoms with Crippen LogP contribution in [0.4, 0.5) is 4.79 Å². The van der Waals surface area contributed by atoms with Crippen LogP contribution >= 0.6 is 11.8 Å². The summed E-state index contributed by atoms with van der Waals surface area (Å²) < 4.78 is 5.80. The van der Waals surface area contributed by atoms with E-state index in [4.69, 9.17) is 4.74 Å². The fourth-order valence-electron chi connectivity index (χ4n) is 4.84. The molecule has 6 heteroatoms. The summed E-state index contributed by atoms with van der Waals surface area (Å²) in [4.78, 5) is 26.9. The molecular formula is C24H27NO4S. The van der Waals surface area contributed by atoms with Gasteiger partial charge >= 0.3 is 12.1 Å². The van der Waals surface area contributed by atoms with Gasteiger partial charge in [0.15, 0.2) is 5.54 Å². The van der Waals surface area contributed by atoms with Crippen LogP contribution in [0.1, 0.15) is 44.2 Å². The largest absolute Gasteiger partial charge is 0.479 e. The van der Waals surface area contributed by atoms with E-state index in [0.717, 1.165) is 22.3 Å². The van der Waals surface area contributed by atoms with Crippen LogP contribution in [0.25, 0.3) is 11.1 Å². The maximum atomic E-state index is 13.2. The minimum atomic E-state index is -1.22. The zero-order chi connectivity index (χ0) is 21.5. The monoisotopic (exact) mass is 425 g/mol. The fraction of sp³-hybridized carbons (Fsp3) is 0.417. The van der Waals surface area contributed by atoms with E-state index in [1.807, 2.05) is 45.0 Å². The van der Waals surface area contributed by atoms with Gasteiger partial charge in [-0.2, -0.15) is 11.8 Å². The Hall–Kier alpha value is -2.47. The molecule has 1 amide bonds. The lowest BCUT2D eigenvalue weighted by atomic mass is 9.93. The molecule has 0 spiro atoms. The maximum absolute atomic E-state index is 13.2. The van der Waals surface area contributed by atoms with Crippen molar-refractivity contribution >= 4 is 23.8 Å². The summed E-state index contributed by atoms with van der Waals surface area (Å²) in [5.74, 6) is -0.624. The molecule has 2 aromatic carbocycles.